The summed E-state index contributed by atoms with van der Waals surface area (Å²) in [5.41, 5.74) is 1.73. The van der Waals surface area contributed by atoms with Gasteiger partial charge in [0.2, 0.25) is 0 Å². The molecule has 0 fully saturated rings. The molecule has 0 spiro atoms. The Morgan fingerprint density at radius 2 is 1.62 bits per heavy atom. The molecule has 0 atom stereocenters. The fraction of sp³-hybridized carbons (Fsp3) is 0.167. The third-order valence-corrected chi connectivity index (χ3v) is 3.33. The van der Waals surface area contributed by atoms with Crippen LogP contribution < -0.4 is 0 Å². The first-order valence-corrected chi connectivity index (χ1v) is 6.86. The number of hydrogen-bond donors (Lipinski definition) is 0. The molecule has 3 heteroatoms. The molecule has 2 aromatic rings. The van der Waals surface area contributed by atoms with E-state index in [9.17, 15) is 4.79 Å². The van der Waals surface area contributed by atoms with E-state index in [0.717, 1.165) is 34.2 Å². The second-order valence-electron chi connectivity index (χ2n) is 5.16. The third-order valence-electron chi connectivity index (χ3n) is 3.33. The molecule has 0 amide bonds. The van der Waals surface area contributed by atoms with Crippen LogP contribution in [0.2, 0.25) is 0 Å². The number of hydrogen-bond acceptors (Lipinski definition) is 3. The highest BCUT2D eigenvalue weighted by atomic mass is 16.3. The number of carbonyl (C=O) groups is 1. The zero-order valence-electron chi connectivity index (χ0n) is 12.1. The van der Waals surface area contributed by atoms with Gasteiger partial charge in [-0.2, -0.15) is 0 Å². The normalized spacial score (nSPS) is 17.1. The van der Waals surface area contributed by atoms with Gasteiger partial charge in [0.05, 0.1) is 0 Å². The van der Waals surface area contributed by atoms with E-state index in [0.29, 0.717) is 6.42 Å². The molecule has 106 valence electrons. The highest BCUT2D eigenvalue weighted by Crippen LogP contribution is 2.25. The van der Waals surface area contributed by atoms with E-state index >= 15 is 0 Å². The topological polar surface area (TPSA) is 43.4 Å². The number of aryl methyl sites for hydroxylation is 2. The fourth-order valence-electron chi connectivity index (χ4n) is 2.28. The maximum absolute atomic E-state index is 12.0. The van der Waals surface area contributed by atoms with Gasteiger partial charge in [0.1, 0.15) is 23.0 Å². The van der Waals surface area contributed by atoms with Crippen molar-refractivity contribution in [1.29, 1.82) is 0 Å². The van der Waals surface area contributed by atoms with Crippen molar-refractivity contribution in [3.8, 4) is 0 Å². The molecule has 0 bridgehead atoms. The van der Waals surface area contributed by atoms with Gasteiger partial charge >= 0.3 is 0 Å². The summed E-state index contributed by atoms with van der Waals surface area (Å²) in [6.07, 6.45) is 7.89. The zero-order chi connectivity index (χ0) is 14.8. The lowest BCUT2D eigenvalue weighted by molar-refractivity contribution is -0.111. The van der Waals surface area contributed by atoms with Gasteiger partial charge in [-0.1, -0.05) is 6.08 Å². The average Bonchev–Trinajstić information content (AvgIpc) is 3.11. The summed E-state index contributed by atoms with van der Waals surface area (Å²) in [6, 6.07) is 7.58. The van der Waals surface area contributed by atoms with Crippen molar-refractivity contribution in [2.75, 3.05) is 0 Å². The van der Waals surface area contributed by atoms with Crippen molar-refractivity contribution in [2.45, 2.75) is 20.3 Å². The Hall–Kier alpha value is -2.55. The van der Waals surface area contributed by atoms with Crippen molar-refractivity contribution in [3.63, 3.8) is 0 Å². The van der Waals surface area contributed by atoms with Crippen molar-refractivity contribution < 1.29 is 13.6 Å². The van der Waals surface area contributed by atoms with E-state index in [1.165, 1.54) is 0 Å². The Balaban J connectivity index is 1.73. The molecule has 1 aliphatic rings. The van der Waals surface area contributed by atoms with Gasteiger partial charge in [-0.05, 0) is 61.9 Å². The van der Waals surface area contributed by atoms with E-state index in [-0.39, 0.29) is 5.78 Å². The highest BCUT2D eigenvalue weighted by Gasteiger charge is 2.17. The molecule has 0 saturated carbocycles. The quantitative estimate of drug-likeness (QED) is 0.778. The van der Waals surface area contributed by atoms with Crippen LogP contribution in [-0.4, -0.2) is 5.78 Å². The molecule has 0 aliphatic heterocycles. The van der Waals surface area contributed by atoms with Crippen LogP contribution in [0.4, 0.5) is 0 Å². The SMILES string of the molecule is Cc1ccc(/C=C\C2=CC(=O)/C(=C/c3ccc(C)o3)C2)o1. The Kier molecular flexibility index (Phi) is 3.48. The Labute approximate surface area is 123 Å². The molecule has 0 N–H and O–H groups in total. The summed E-state index contributed by atoms with van der Waals surface area (Å²) >= 11 is 0. The summed E-state index contributed by atoms with van der Waals surface area (Å²) in [5, 5.41) is 0. The lowest BCUT2D eigenvalue weighted by atomic mass is 10.1. The summed E-state index contributed by atoms with van der Waals surface area (Å²) in [6.45, 7) is 3.79. The second kappa shape index (κ2) is 5.44. The number of rotatable bonds is 3. The van der Waals surface area contributed by atoms with Gasteiger partial charge in [0.25, 0.3) is 0 Å². The van der Waals surface area contributed by atoms with Gasteiger partial charge in [0.15, 0.2) is 5.78 Å². The first-order chi connectivity index (χ1) is 10.1. The molecular weight excluding hydrogens is 264 g/mol. The number of allylic oxidation sites excluding steroid dienone is 4. The van der Waals surface area contributed by atoms with E-state index < -0.39 is 0 Å². The van der Waals surface area contributed by atoms with Crippen molar-refractivity contribution >= 4 is 17.9 Å². The van der Waals surface area contributed by atoms with E-state index in [1.807, 2.05) is 56.3 Å². The Morgan fingerprint density at radius 1 is 0.952 bits per heavy atom. The lowest BCUT2D eigenvalue weighted by Crippen LogP contribution is -1.89. The van der Waals surface area contributed by atoms with Gasteiger partial charge in [0, 0.05) is 12.0 Å². The molecular formula is C18H16O3. The predicted molar refractivity (Wildman–Crippen MR) is 81.6 cm³/mol. The van der Waals surface area contributed by atoms with Gasteiger partial charge in [-0.25, -0.2) is 0 Å². The van der Waals surface area contributed by atoms with Crippen LogP contribution >= 0.6 is 0 Å². The highest BCUT2D eigenvalue weighted by molar-refractivity contribution is 6.10. The first-order valence-electron chi connectivity index (χ1n) is 6.86. The molecule has 0 radical (unpaired) electrons. The minimum atomic E-state index is 0.0410. The molecule has 0 saturated heterocycles. The van der Waals surface area contributed by atoms with Crippen LogP contribution in [0, 0.1) is 13.8 Å². The smallest absolute Gasteiger partial charge is 0.182 e. The van der Waals surface area contributed by atoms with E-state index in [2.05, 4.69) is 0 Å². The fourth-order valence-corrected chi connectivity index (χ4v) is 2.28. The van der Waals surface area contributed by atoms with Crippen molar-refractivity contribution in [2.24, 2.45) is 0 Å². The summed E-state index contributed by atoms with van der Waals surface area (Å²) in [7, 11) is 0. The molecule has 0 unspecified atom stereocenters. The number of ketones is 1. The van der Waals surface area contributed by atoms with Crippen LogP contribution in [0.3, 0.4) is 0 Å². The van der Waals surface area contributed by atoms with Crippen molar-refractivity contribution in [1.82, 2.24) is 0 Å². The molecule has 3 nitrogen and oxygen atoms in total. The third kappa shape index (κ3) is 3.14. The molecule has 2 heterocycles. The maximum Gasteiger partial charge on any atom is 0.182 e. The monoisotopic (exact) mass is 280 g/mol. The van der Waals surface area contributed by atoms with Crippen molar-refractivity contribution in [3.05, 3.63) is 70.6 Å². The Bertz CT molecular complexity index is 766. The number of carbonyl (C=O) groups excluding carboxylic acids is 1. The van der Waals surface area contributed by atoms with Gasteiger partial charge < -0.3 is 8.83 Å². The average molecular weight is 280 g/mol. The minimum absolute atomic E-state index is 0.0410. The lowest BCUT2D eigenvalue weighted by Gasteiger charge is -1.94. The second-order valence-corrected chi connectivity index (χ2v) is 5.16. The summed E-state index contributed by atoms with van der Waals surface area (Å²) < 4.78 is 10.9. The van der Waals surface area contributed by atoms with Crippen LogP contribution in [0.5, 0.6) is 0 Å². The van der Waals surface area contributed by atoms with Crippen LogP contribution in [0.1, 0.15) is 29.5 Å². The summed E-state index contributed by atoms with van der Waals surface area (Å²) in [5.74, 6) is 3.27. The Morgan fingerprint density at radius 3 is 2.24 bits per heavy atom. The molecule has 0 aromatic carbocycles. The predicted octanol–water partition coefficient (Wildman–Crippen LogP) is 4.49. The van der Waals surface area contributed by atoms with E-state index in [4.69, 9.17) is 8.83 Å². The standard InChI is InChI=1S/C18H16O3/c1-12-3-6-16(20-12)8-5-14-9-15(18(19)10-14)11-17-7-4-13(2)21-17/h3-8,10-11H,9H2,1-2H3/b8-5-,15-11+. The van der Waals surface area contributed by atoms with Crippen LogP contribution in [0.15, 0.2) is 56.4 Å². The van der Waals surface area contributed by atoms with Crippen LogP contribution in [-0.2, 0) is 4.79 Å². The largest absolute Gasteiger partial charge is 0.462 e. The molecule has 21 heavy (non-hydrogen) atoms. The zero-order valence-corrected chi connectivity index (χ0v) is 12.1. The van der Waals surface area contributed by atoms with Crippen LogP contribution in [0.25, 0.3) is 12.2 Å². The first kappa shape index (κ1) is 13.4. The van der Waals surface area contributed by atoms with E-state index in [1.54, 1.807) is 6.08 Å². The summed E-state index contributed by atoms with van der Waals surface area (Å²) in [4.78, 5) is 12.0. The maximum atomic E-state index is 12.0. The van der Waals surface area contributed by atoms with Gasteiger partial charge in [-0.3, -0.25) is 4.79 Å². The molecule has 3 rings (SSSR count). The minimum Gasteiger partial charge on any atom is -0.462 e. The number of furan rings is 2. The van der Waals surface area contributed by atoms with Gasteiger partial charge in [-0.15, -0.1) is 0 Å². The molecule has 1 aliphatic carbocycles. The molecule has 2 aromatic heterocycles.